The molecule has 12 heavy (non-hydrogen) atoms. The molecule has 0 radical (unpaired) electrons. The van der Waals surface area contributed by atoms with Gasteiger partial charge in [0.05, 0.1) is 5.56 Å². The van der Waals surface area contributed by atoms with Crippen LogP contribution in [0.5, 0.6) is 5.06 Å². The molecular weight excluding hydrogens is 176 g/mol. The number of nitriles is 1. The molecule has 0 aliphatic heterocycles. The largest absolute Gasteiger partial charge is 0.413 e. The maximum atomic E-state index is 10.7. The Morgan fingerprint density at radius 2 is 2.58 bits per heavy atom. The number of amides is 1. The van der Waals surface area contributed by atoms with E-state index in [0.29, 0.717) is 10.6 Å². The molecule has 1 N–H and O–H groups in total. The number of carbonyl (C=O) groups is 1. The molecule has 0 saturated heterocycles. The third-order valence-electron chi connectivity index (χ3n) is 1.10. The minimum absolute atomic E-state index is 0.422. The highest BCUT2D eigenvalue weighted by molar-refractivity contribution is 7.12. The standard InChI is InChI=1S/C7H6N2O2S/c1-9-7(10)11-6-2-5(3-8)4-12-6/h2,4H,1H3,(H,9,10). The Balaban J connectivity index is 2.65. The van der Waals surface area contributed by atoms with Crippen LogP contribution < -0.4 is 10.1 Å². The molecule has 1 amide bonds. The highest BCUT2D eigenvalue weighted by atomic mass is 32.1. The Hall–Kier alpha value is -1.54. The number of nitrogens with zero attached hydrogens (tertiary/aromatic N) is 1. The van der Waals surface area contributed by atoms with Crippen LogP contribution in [0.4, 0.5) is 4.79 Å². The van der Waals surface area contributed by atoms with Gasteiger partial charge in [-0.15, -0.1) is 11.3 Å². The first-order valence-corrected chi connectivity index (χ1v) is 4.02. The quantitative estimate of drug-likeness (QED) is 0.712. The average Bonchev–Trinajstić information content (AvgIpc) is 2.52. The molecule has 4 nitrogen and oxygen atoms in total. The van der Waals surface area contributed by atoms with E-state index in [1.807, 2.05) is 6.07 Å². The fourth-order valence-corrected chi connectivity index (χ4v) is 1.25. The van der Waals surface area contributed by atoms with Crippen molar-refractivity contribution >= 4 is 17.4 Å². The molecule has 0 aromatic carbocycles. The Labute approximate surface area is 73.4 Å². The summed E-state index contributed by atoms with van der Waals surface area (Å²) in [6, 6.07) is 3.45. The molecule has 62 valence electrons. The number of hydrogen-bond acceptors (Lipinski definition) is 4. The van der Waals surface area contributed by atoms with Crippen molar-refractivity contribution in [2.24, 2.45) is 0 Å². The van der Waals surface area contributed by atoms with Crippen LogP contribution in [0.25, 0.3) is 0 Å². The van der Waals surface area contributed by atoms with Crippen LogP contribution >= 0.6 is 11.3 Å². The number of rotatable bonds is 1. The normalized spacial score (nSPS) is 8.67. The Morgan fingerprint density at radius 3 is 3.08 bits per heavy atom. The van der Waals surface area contributed by atoms with Crippen molar-refractivity contribution in [1.82, 2.24) is 5.32 Å². The third kappa shape index (κ3) is 1.97. The van der Waals surface area contributed by atoms with Gasteiger partial charge in [0, 0.05) is 18.5 Å². The minimum Gasteiger partial charge on any atom is -0.399 e. The van der Waals surface area contributed by atoms with Gasteiger partial charge < -0.3 is 10.1 Å². The van der Waals surface area contributed by atoms with Gasteiger partial charge in [-0.25, -0.2) is 4.79 Å². The van der Waals surface area contributed by atoms with Crippen LogP contribution in [0.3, 0.4) is 0 Å². The molecule has 1 aromatic rings. The molecule has 0 fully saturated rings. The highest BCUT2D eigenvalue weighted by Gasteiger charge is 2.03. The van der Waals surface area contributed by atoms with E-state index in [-0.39, 0.29) is 0 Å². The molecule has 0 bridgehead atoms. The first-order chi connectivity index (χ1) is 5.76. The molecule has 1 rings (SSSR count). The summed E-state index contributed by atoms with van der Waals surface area (Å²) in [6.07, 6.45) is -0.527. The number of nitrogens with one attached hydrogen (secondary N) is 1. The smallest absolute Gasteiger partial charge is 0.399 e. The van der Waals surface area contributed by atoms with E-state index in [9.17, 15) is 4.79 Å². The summed E-state index contributed by atoms with van der Waals surface area (Å²) in [6.45, 7) is 0. The van der Waals surface area contributed by atoms with Gasteiger partial charge in [0.1, 0.15) is 6.07 Å². The van der Waals surface area contributed by atoms with Gasteiger partial charge in [0.15, 0.2) is 5.06 Å². The summed E-state index contributed by atoms with van der Waals surface area (Å²) in [7, 11) is 1.47. The minimum atomic E-state index is -0.527. The van der Waals surface area contributed by atoms with E-state index in [2.05, 4.69) is 5.32 Å². The van der Waals surface area contributed by atoms with E-state index < -0.39 is 6.09 Å². The van der Waals surface area contributed by atoms with Crippen molar-refractivity contribution in [3.8, 4) is 11.1 Å². The summed E-state index contributed by atoms with van der Waals surface area (Å²) in [5.74, 6) is 0. The van der Waals surface area contributed by atoms with Crippen molar-refractivity contribution in [2.75, 3.05) is 7.05 Å². The van der Waals surface area contributed by atoms with Gasteiger partial charge in [0.25, 0.3) is 0 Å². The van der Waals surface area contributed by atoms with E-state index in [1.54, 1.807) is 5.38 Å². The van der Waals surface area contributed by atoms with Crippen molar-refractivity contribution in [3.05, 3.63) is 17.0 Å². The lowest BCUT2D eigenvalue weighted by Gasteiger charge is -1.97. The Kier molecular flexibility index (Phi) is 2.66. The fraction of sp³-hybridized carbons (Fsp3) is 0.143. The molecule has 0 saturated carbocycles. The van der Waals surface area contributed by atoms with Crippen LogP contribution in [-0.4, -0.2) is 13.1 Å². The van der Waals surface area contributed by atoms with Crippen LogP contribution in [0, 0.1) is 11.3 Å². The van der Waals surface area contributed by atoms with Gasteiger partial charge >= 0.3 is 6.09 Å². The van der Waals surface area contributed by atoms with Gasteiger partial charge in [-0.1, -0.05) is 0 Å². The molecule has 1 heterocycles. The Bertz CT molecular complexity index is 326. The van der Waals surface area contributed by atoms with Crippen molar-refractivity contribution < 1.29 is 9.53 Å². The zero-order chi connectivity index (χ0) is 8.97. The summed E-state index contributed by atoms with van der Waals surface area (Å²) < 4.78 is 4.76. The van der Waals surface area contributed by atoms with E-state index in [4.69, 9.17) is 10.00 Å². The average molecular weight is 182 g/mol. The number of ether oxygens (including phenoxy) is 1. The summed E-state index contributed by atoms with van der Waals surface area (Å²) in [5.41, 5.74) is 0.499. The monoisotopic (exact) mass is 182 g/mol. The zero-order valence-electron chi connectivity index (χ0n) is 6.33. The summed E-state index contributed by atoms with van der Waals surface area (Å²) in [4.78, 5) is 10.7. The van der Waals surface area contributed by atoms with Crippen LogP contribution in [0.15, 0.2) is 11.4 Å². The predicted molar refractivity (Wildman–Crippen MR) is 44.1 cm³/mol. The van der Waals surface area contributed by atoms with Crippen molar-refractivity contribution in [2.45, 2.75) is 0 Å². The van der Waals surface area contributed by atoms with Crippen LogP contribution in [-0.2, 0) is 0 Å². The first kappa shape index (κ1) is 8.56. The Morgan fingerprint density at radius 1 is 1.83 bits per heavy atom. The SMILES string of the molecule is CNC(=O)Oc1cc(C#N)cs1. The summed E-state index contributed by atoms with van der Waals surface area (Å²) in [5, 5.41) is 12.8. The van der Waals surface area contributed by atoms with E-state index >= 15 is 0 Å². The molecular formula is C7H6N2O2S. The van der Waals surface area contributed by atoms with Crippen molar-refractivity contribution in [1.29, 1.82) is 5.26 Å². The second-order valence-electron chi connectivity index (χ2n) is 1.91. The maximum Gasteiger partial charge on any atom is 0.413 e. The van der Waals surface area contributed by atoms with E-state index in [0.717, 1.165) is 0 Å². The maximum absolute atomic E-state index is 10.7. The number of hydrogen-bond donors (Lipinski definition) is 1. The van der Waals surface area contributed by atoms with Crippen LogP contribution in [0.1, 0.15) is 5.56 Å². The van der Waals surface area contributed by atoms with Gasteiger partial charge in [-0.3, -0.25) is 0 Å². The zero-order valence-corrected chi connectivity index (χ0v) is 7.14. The fourth-order valence-electron chi connectivity index (χ4n) is 0.571. The molecule has 0 aliphatic carbocycles. The summed E-state index contributed by atoms with van der Waals surface area (Å²) >= 11 is 1.21. The second kappa shape index (κ2) is 3.74. The molecule has 1 aromatic heterocycles. The molecule has 0 aliphatic rings. The second-order valence-corrected chi connectivity index (χ2v) is 2.78. The highest BCUT2D eigenvalue weighted by Crippen LogP contribution is 2.22. The molecule has 0 atom stereocenters. The topological polar surface area (TPSA) is 62.1 Å². The predicted octanol–water partition coefficient (Wildman–Crippen LogP) is 1.34. The van der Waals surface area contributed by atoms with Gasteiger partial charge in [-0.05, 0) is 0 Å². The number of carbonyl (C=O) groups excluding carboxylic acids is 1. The van der Waals surface area contributed by atoms with Crippen LogP contribution in [0.2, 0.25) is 0 Å². The van der Waals surface area contributed by atoms with E-state index in [1.165, 1.54) is 24.5 Å². The third-order valence-corrected chi connectivity index (χ3v) is 1.91. The lowest BCUT2D eigenvalue weighted by Crippen LogP contribution is -2.21. The molecule has 0 spiro atoms. The first-order valence-electron chi connectivity index (χ1n) is 3.14. The van der Waals surface area contributed by atoms with Gasteiger partial charge in [-0.2, -0.15) is 5.26 Å². The lowest BCUT2D eigenvalue weighted by molar-refractivity contribution is 0.204. The lowest BCUT2D eigenvalue weighted by atomic mass is 10.4. The number of thiophene rings is 1. The van der Waals surface area contributed by atoms with Gasteiger partial charge in [0.2, 0.25) is 0 Å². The molecule has 0 unspecified atom stereocenters. The molecule has 5 heteroatoms. The van der Waals surface area contributed by atoms with Crippen molar-refractivity contribution in [3.63, 3.8) is 0 Å².